The van der Waals surface area contributed by atoms with E-state index in [1.807, 2.05) is 5.51 Å². The number of aromatic nitrogens is 1. The van der Waals surface area contributed by atoms with Gasteiger partial charge in [-0.05, 0) is 36.1 Å². The molecule has 80 valence electrons. The fourth-order valence-electron chi connectivity index (χ4n) is 1.90. The van der Waals surface area contributed by atoms with E-state index in [-0.39, 0.29) is 0 Å². The number of hydrogen-bond acceptors (Lipinski definition) is 3. The van der Waals surface area contributed by atoms with Crippen LogP contribution in [0.1, 0.15) is 25.3 Å². The van der Waals surface area contributed by atoms with Crippen LogP contribution < -0.4 is 5.73 Å². The molecule has 3 heteroatoms. The summed E-state index contributed by atoms with van der Waals surface area (Å²) >= 11 is 1.68. The number of hydrogen-bond donors (Lipinski definition) is 1. The Morgan fingerprint density at radius 1 is 1.40 bits per heavy atom. The summed E-state index contributed by atoms with van der Waals surface area (Å²) in [4.78, 5) is 4.33. The second-order valence-corrected chi connectivity index (χ2v) is 5.05. The van der Waals surface area contributed by atoms with Gasteiger partial charge in [-0.15, -0.1) is 11.3 Å². The molecule has 2 aromatic rings. The Labute approximate surface area is 94.1 Å². The van der Waals surface area contributed by atoms with Gasteiger partial charge in [-0.2, -0.15) is 0 Å². The molecule has 0 amide bonds. The molecule has 1 atom stereocenters. The zero-order valence-corrected chi connectivity index (χ0v) is 9.92. The maximum Gasteiger partial charge on any atom is 0.0814 e. The Morgan fingerprint density at radius 3 is 2.87 bits per heavy atom. The molecule has 0 saturated heterocycles. The molecule has 0 radical (unpaired) electrons. The van der Waals surface area contributed by atoms with Gasteiger partial charge in [0.2, 0.25) is 0 Å². The van der Waals surface area contributed by atoms with Gasteiger partial charge in [-0.25, -0.2) is 4.98 Å². The van der Waals surface area contributed by atoms with Crippen LogP contribution in [0.3, 0.4) is 0 Å². The van der Waals surface area contributed by atoms with E-state index in [9.17, 15) is 0 Å². The third-order valence-corrected chi connectivity index (χ3v) is 3.65. The van der Waals surface area contributed by atoms with E-state index in [4.69, 9.17) is 5.73 Å². The van der Waals surface area contributed by atoms with Crippen LogP contribution in [0.4, 0.5) is 0 Å². The largest absolute Gasteiger partial charge is 0.330 e. The van der Waals surface area contributed by atoms with Gasteiger partial charge in [-0.3, -0.25) is 0 Å². The highest BCUT2D eigenvalue weighted by molar-refractivity contribution is 7.16. The van der Waals surface area contributed by atoms with E-state index in [1.54, 1.807) is 11.3 Å². The Kier molecular flexibility index (Phi) is 3.03. The Morgan fingerprint density at radius 2 is 2.20 bits per heavy atom. The van der Waals surface area contributed by atoms with Gasteiger partial charge >= 0.3 is 0 Å². The Balaban J connectivity index is 2.41. The van der Waals surface area contributed by atoms with Crippen molar-refractivity contribution < 1.29 is 0 Å². The molecule has 1 aromatic carbocycles. The minimum atomic E-state index is 0.441. The maximum absolute atomic E-state index is 5.81. The first-order chi connectivity index (χ1) is 7.22. The molecule has 15 heavy (non-hydrogen) atoms. The van der Waals surface area contributed by atoms with Gasteiger partial charge < -0.3 is 5.73 Å². The van der Waals surface area contributed by atoms with Crippen molar-refractivity contribution in [3.8, 4) is 0 Å². The molecule has 0 bridgehead atoms. The molecular weight excluding hydrogens is 204 g/mol. The summed E-state index contributed by atoms with van der Waals surface area (Å²) < 4.78 is 1.25. The molecule has 0 fully saturated rings. The van der Waals surface area contributed by atoms with Crippen LogP contribution in [0, 0.1) is 5.92 Å². The van der Waals surface area contributed by atoms with Crippen LogP contribution in [0.15, 0.2) is 23.7 Å². The van der Waals surface area contributed by atoms with Crippen molar-refractivity contribution in [3.05, 3.63) is 29.3 Å². The lowest BCUT2D eigenvalue weighted by atomic mass is 9.88. The van der Waals surface area contributed by atoms with Crippen molar-refractivity contribution in [1.82, 2.24) is 4.98 Å². The monoisotopic (exact) mass is 220 g/mol. The van der Waals surface area contributed by atoms with E-state index >= 15 is 0 Å². The lowest BCUT2D eigenvalue weighted by molar-refractivity contribution is 0.507. The van der Waals surface area contributed by atoms with Crippen LogP contribution in [0.5, 0.6) is 0 Å². The molecular formula is C12H16N2S. The maximum atomic E-state index is 5.81. The minimum Gasteiger partial charge on any atom is -0.330 e. The van der Waals surface area contributed by atoms with Gasteiger partial charge in [0.15, 0.2) is 0 Å². The molecule has 2 nitrogen and oxygen atoms in total. The van der Waals surface area contributed by atoms with Crippen molar-refractivity contribution in [2.75, 3.05) is 6.54 Å². The smallest absolute Gasteiger partial charge is 0.0814 e. The highest BCUT2D eigenvalue weighted by atomic mass is 32.1. The van der Waals surface area contributed by atoms with Gasteiger partial charge in [0, 0.05) is 0 Å². The van der Waals surface area contributed by atoms with E-state index in [0.29, 0.717) is 18.4 Å². The predicted octanol–water partition coefficient (Wildman–Crippen LogP) is 2.99. The topological polar surface area (TPSA) is 38.9 Å². The third-order valence-electron chi connectivity index (χ3n) is 2.84. The van der Waals surface area contributed by atoms with Gasteiger partial charge in [0.25, 0.3) is 0 Å². The summed E-state index contributed by atoms with van der Waals surface area (Å²) in [5.41, 5.74) is 10.1. The summed E-state index contributed by atoms with van der Waals surface area (Å²) in [7, 11) is 0. The fraction of sp³-hybridized carbons (Fsp3) is 0.417. The summed E-state index contributed by atoms with van der Waals surface area (Å²) in [6.07, 6.45) is 0. The second-order valence-electron chi connectivity index (χ2n) is 4.17. The molecule has 0 saturated carbocycles. The van der Waals surface area contributed by atoms with Crippen molar-refractivity contribution in [3.63, 3.8) is 0 Å². The van der Waals surface area contributed by atoms with E-state index in [1.165, 1.54) is 10.3 Å². The summed E-state index contributed by atoms with van der Waals surface area (Å²) in [5.74, 6) is 1.02. The molecule has 1 aromatic heterocycles. The first kappa shape index (κ1) is 10.6. The normalized spacial score (nSPS) is 13.6. The molecule has 0 spiro atoms. The average molecular weight is 220 g/mol. The van der Waals surface area contributed by atoms with Crippen LogP contribution in [0.2, 0.25) is 0 Å². The standard InChI is InChI=1S/C12H16N2S/c1-8(2)10(6-13)9-3-4-12-11(5-9)14-7-15-12/h3-5,7-8,10H,6,13H2,1-2H3. The zero-order chi connectivity index (χ0) is 10.8. The number of rotatable bonds is 3. The van der Waals surface area contributed by atoms with Crippen LogP contribution >= 0.6 is 11.3 Å². The number of thiazole rings is 1. The first-order valence-electron chi connectivity index (χ1n) is 5.25. The van der Waals surface area contributed by atoms with E-state index in [0.717, 1.165) is 5.52 Å². The second kappa shape index (κ2) is 4.29. The molecule has 0 aliphatic carbocycles. The summed E-state index contributed by atoms with van der Waals surface area (Å²) in [6.45, 7) is 5.12. The lowest BCUT2D eigenvalue weighted by Gasteiger charge is -2.19. The Bertz CT molecular complexity index is 448. The summed E-state index contributed by atoms with van der Waals surface area (Å²) in [6, 6.07) is 6.49. The third kappa shape index (κ3) is 2.03. The van der Waals surface area contributed by atoms with Crippen molar-refractivity contribution in [2.45, 2.75) is 19.8 Å². The molecule has 0 aliphatic rings. The molecule has 1 unspecified atom stereocenters. The zero-order valence-electron chi connectivity index (χ0n) is 9.10. The van der Waals surface area contributed by atoms with Crippen molar-refractivity contribution >= 4 is 21.6 Å². The van der Waals surface area contributed by atoms with Crippen LogP contribution in [0.25, 0.3) is 10.2 Å². The Hall–Kier alpha value is -0.930. The average Bonchev–Trinajstić information content (AvgIpc) is 2.65. The molecule has 0 aliphatic heterocycles. The highest BCUT2D eigenvalue weighted by Crippen LogP contribution is 2.27. The molecule has 1 heterocycles. The SMILES string of the molecule is CC(C)C(CN)c1ccc2scnc2c1. The number of nitrogens with zero attached hydrogens (tertiary/aromatic N) is 1. The van der Waals surface area contributed by atoms with Gasteiger partial charge in [-0.1, -0.05) is 19.9 Å². The van der Waals surface area contributed by atoms with Crippen LogP contribution in [-0.2, 0) is 0 Å². The number of nitrogens with two attached hydrogens (primary N) is 1. The quantitative estimate of drug-likeness (QED) is 0.863. The predicted molar refractivity (Wildman–Crippen MR) is 66.3 cm³/mol. The number of fused-ring (bicyclic) bond motifs is 1. The molecule has 2 N–H and O–H groups in total. The summed E-state index contributed by atoms with van der Waals surface area (Å²) in [5, 5.41) is 0. The van der Waals surface area contributed by atoms with Crippen molar-refractivity contribution in [2.24, 2.45) is 11.7 Å². The minimum absolute atomic E-state index is 0.441. The fourth-order valence-corrected chi connectivity index (χ4v) is 2.56. The van der Waals surface area contributed by atoms with Gasteiger partial charge in [0.05, 0.1) is 15.7 Å². The van der Waals surface area contributed by atoms with Crippen LogP contribution in [-0.4, -0.2) is 11.5 Å². The first-order valence-corrected chi connectivity index (χ1v) is 6.13. The van der Waals surface area contributed by atoms with E-state index < -0.39 is 0 Å². The van der Waals surface area contributed by atoms with Crippen molar-refractivity contribution in [1.29, 1.82) is 0 Å². The van der Waals surface area contributed by atoms with E-state index in [2.05, 4.69) is 37.0 Å². The number of benzene rings is 1. The van der Waals surface area contributed by atoms with Gasteiger partial charge in [0.1, 0.15) is 0 Å². The highest BCUT2D eigenvalue weighted by Gasteiger charge is 2.14. The molecule has 2 rings (SSSR count). The lowest BCUT2D eigenvalue weighted by Crippen LogP contribution is -2.17.